The monoisotopic (exact) mass is 183 g/mol. The molecule has 0 fully saturated rings. The molecule has 5 nitrogen and oxygen atoms in total. The maximum atomic E-state index is 11.3. The number of anilines is 1. The molecule has 1 atom stereocenters. The summed E-state index contributed by atoms with van der Waals surface area (Å²) in [6.45, 7) is 3.26. The van der Waals surface area contributed by atoms with Crippen LogP contribution in [0.2, 0.25) is 0 Å². The zero-order chi connectivity index (χ0) is 10.2. The van der Waals surface area contributed by atoms with Crippen LogP contribution < -0.4 is 11.3 Å². The van der Waals surface area contributed by atoms with E-state index in [1.165, 1.54) is 7.05 Å². The van der Waals surface area contributed by atoms with E-state index in [-0.39, 0.29) is 11.2 Å². The number of nitrogens with two attached hydrogens (primary N) is 1. The van der Waals surface area contributed by atoms with Crippen molar-refractivity contribution < 1.29 is 5.11 Å². The summed E-state index contributed by atoms with van der Waals surface area (Å²) in [5.41, 5.74) is 6.25. The largest absolute Gasteiger partial charge is 0.394 e. The summed E-state index contributed by atoms with van der Waals surface area (Å²) in [6.07, 6.45) is -0.763. The van der Waals surface area contributed by atoms with Crippen LogP contribution in [0.4, 0.5) is 5.69 Å². The van der Waals surface area contributed by atoms with Gasteiger partial charge in [0.1, 0.15) is 5.69 Å². The van der Waals surface area contributed by atoms with Gasteiger partial charge in [0.05, 0.1) is 11.8 Å². The van der Waals surface area contributed by atoms with Gasteiger partial charge in [-0.25, -0.2) is 4.68 Å². The van der Waals surface area contributed by atoms with Gasteiger partial charge in [0.25, 0.3) is 5.56 Å². The van der Waals surface area contributed by atoms with E-state index in [1.54, 1.807) is 13.8 Å². The van der Waals surface area contributed by atoms with Crippen LogP contribution in [0.5, 0.6) is 0 Å². The topological polar surface area (TPSA) is 81.1 Å². The van der Waals surface area contributed by atoms with Gasteiger partial charge in [-0.3, -0.25) is 4.79 Å². The second kappa shape index (κ2) is 3.18. The van der Waals surface area contributed by atoms with Gasteiger partial charge in [-0.15, -0.1) is 0 Å². The Morgan fingerprint density at radius 2 is 2.15 bits per heavy atom. The molecule has 1 aromatic rings. The van der Waals surface area contributed by atoms with Gasteiger partial charge in [0.2, 0.25) is 0 Å². The van der Waals surface area contributed by atoms with Crippen LogP contribution in [-0.4, -0.2) is 14.9 Å². The molecule has 1 unspecified atom stereocenters. The molecular formula is C8H13N3O2. The number of aryl methyl sites for hydroxylation is 2. The maximum absolute atomic E-state index is 11.3. The molecule has 0 aliphatic heterocycles. The Morgan fingerprint density at radius 3 is 2.62 bits per heavy atom. The fraction of sp³-hybridized carbons (Fsp3) is 0.500. The highest BCUT2D eigenvalue weighted by molar-refractivity contribution is 5.47. The van der Waals surface area contributed by atoms with Gasteiger partial charge in [-0.1, -0.05) is 0 Å². The lowest BCUT2D eigenvalue weighted by molar-refractivity contribution is 0.198. The Kier molecular flexibility index (Phi) is 2.38. The van der Waals surface area contributed by atoms with Crippen molar-refractivity contribution in [1.29, 1.82) is 0 Å². The molecule has 72 valence electrons. The lowest BCUT2D eigenvalue weighted by Gasteiger charge is -2.11. The predicted octanol–water partition coefficient (Wildman–Crippen LogP) is -0.276. The van der Waals surface area contributed by atoms with Crippen molar-refractivity contribution >= 4 is 5.69 Å². The maximum Gasteiger partial charge on any atom is 0.289 e. The van der Waals surface area contributed by atoms with Crippen molar-refractivity contribution in [3.63, 3.8) is 0 Å². The number of aliphatic hydroxyl groups is 1. The first kappa shape index (κ1) is 9.73. The molecule has 0 saturated carbocycles. The summed E-state index contributed by atoms with van der Waals surface area (Å²) in [5.74, 6) is 0. The van der Waals surface area contributed by atoms with Crippen LogP contribution >= 0.6 is 0 Å². The van der Waals surface area contributed by atoms with Gasteiger partial charge in [0, 0.05) is 12.6 Å². The summed E-state index contributed by atoms with van der Waals surface area (Å²) in [5, 5.41) is 13.3. The number of rotatable bonds is 1. The van der Waals surface area contributed by atoms with Crippen LogP contribution in [-0.2, 0) is 7.05 Å². The van der Waals surface area contributed by atoms with Gasteiger partial charge in [-0.2, -0.15) is 5.10 Å². The van der Waals surface area contributed by atoms with E-state index in [1.807, 2.05) is 0 Å². The molecule has 0 aromatic carbocycles. The summed E-state index contributed by atoms with van der Waals surface area (Å²) in [7, 11) is 1.53. The Bertz CT molecular complexity index is 382. The highest BCUT2D eigenvalue weighted by Gasteiger charge is 2.14. The van der Waals surface area contributed by atoms with Crippen LogP contribution in [0.25, 0.3) is 0 Å². The van der Waals surface area contributed by atoms with Crippen molar-refractivity contribution in [3.05, 3.63) is 21.6 Å². The quantitative estimate of drug-likeness (QED) is 0.627. The van der Waals surface area contributed by atoms with E-state index in [0.29, 0.717) is 11.3 Å². The van der Waals surface area contributed by atoms with Gasteiger partial charge >= 0.3 is 0 Å². The summed E-state index contributed by atoms with van der Waals surface area (Å²) in [6, 6.07) is 0. The molecule has 1 aromatic heterocycles. The Balaban J connectivity index is 3.53. The predicted molar refractivity (Wildman–Crippen MR) is 49.3 cm³/mol. The van der Waals surface area contributed by atoms with E-state index < -0.39 is 6.10 Å². The molecule has 13 heavy (non-hydrogen) atoms. The Labute approximate surface area is 75.8 Å². The number of hydrogen-bond donors (Lipinski definition) is 2. The third-order valence-electron chi connectivity index (χ3n) is 1.92. The molecule has 5 heteroatoms. The number of aliphatic hydroxyl groups excluding tert-OH is 1. The first-order valence-corrected chi connectivity index (χ1v) is 3.96. The molecule has 1 heterocycles. The van der Waals surface area contributed by atoms with E-state index in [9.17, 15) is 9.90 Å². The highest BCUT2D eigenvalue weighted by atomic mass is 16.3. The molecule has 0 aliphatic carbocycles. The Morgan fingerprint density at radius 1 is 1.62 bits per heavy atom. The summed E-state index contributed by atoms with van der Waals surface area (Å²) >= 11 is 0. The van der Waals surface area contributed by atoms with Crippen LogP contribution in [0, 0.1) is 6.92 Å². The number of nitrogens with zero attached hydrogens (tertiary/aromatic N) is 2. The average molecular weight is 183 g/mol. The number of aromatic nitrogens is 2. The van der Waals surface area contributed by atoms with Crippen LogP contribution in [0.15, 0.2) is 4.79 Å². The van der Waals surface area contributed by atoms with E-state index in [2.05, 4.69) is 5.10 Å². The van der Waals surface area contributed by atoms with Crippen LogP contribution in [0.1, 0.15) is 24.3 Å². The Hall–Kier alpha value is -1.36. The molecule has 0 amide bonds. The second-order valence-corrected chi connectivity index (χ2v) is 3.02. The molecule has 0 saturated heterocycles. The second-order valence-electron chi connectivity index (χ2n) is 3.02. The normalized spacial score (nSPS) is 12.9. The van der Waals surface area contributed by atoms with Crippen molar-refractivity contribution in [1.82, 2.24) is 9.78 Å². The first-order chi connectivity index (χ1) is 5.95. The fourth-order valence-corrected chi connectivity index (χ4v) is 1.34. The third-order valence-corrected chi connectivity index (χ3v) is 1.92. The lowest BCUT2D eigenvalue weighted by Crippen LogP contribution is -2.26. The van der Waals surface area contributed by atoms with Crippen molar-refractivity contribution in [2.24, 2.45) is 7.05 Å². The minimum absolute atomic E-state index is 0.0741. The molecule has 0 radical (unpaired) electrons. The molecule has 1 rings (SSSR count). The zero-order valence-corrected chi connectivity index (χ0v) is 7.90. The SMILES string of the molecule is Cc1nn(C)c(=O)c(N)c1C(C)O. The minimum Gasteiger partial charge on any atom is -0.394 e. The molecule has 0 aliphatic rings. The minimum atomic E-state index is -0.763. The summed E-state index contributed by atoms with van der Waals surface area (Å²) < 4.78 is 1.16. The summed E-state index contributed by atoms with van der Waals surface area (Å²) in [4.78, 5) is 11.3. The van der Waals surface area contributed by atoms with E-state index in [0.717, 1.165) is 4.68 Å². The van der Waals surface area contributed by atoms with Crippen molar-refractivity contribution in [3.8, 4) is 0 Å². The zero-order valence-electron chi connectivity index (χ0n) is 7.90. The first-order valence-electron chi connectivity index (χ1n) is 3.96. The number of hydrogen-bond acceptors (Lipinski definition) is 4. The average Bonchev–Trinajstić information content (AvgIpc) is 1.99. The van der Waals surface area contributed by atoms with Gasteiger partial charge in [-0.05, 0) is 13.8 Å². The van der Waals surface area contributed by atoms with Crippen molar-refractivity contribution in [2.45, 2.75) is 20.0 Å². The standard InChI is InChI=1S/C8H13N3O2/c1-4-6(5(2)12)7(9)8(13)11(3)10-4/h5,12H,9H2,1-3H3. The molecule has 0 bridgehead atoms. The molecule has 0 spiro atoms. The van der Waals surface area contributed by atoms with Gasteiger partial charge in [0.15, 0.2) is 0 Å². The molecular weight excluding hydrogens is 170 g/mol. The van der Waals surface area contributed by atoms with E-state index >= 15 is 0 Å². The van der Waals surface area contributed by atoms with Crippen molar-refractivity contribution in [2.75, 3.05) is 5.73 Å². The highest BCUT2D eigenvalue weighted by Crippen LogP contribution is 2.18. The number of nitrogen functional groups attached to an aromatic ring is 1. The van der Waals surface area contributed by atoms with E-state index in [4.69, 9.17) is 5.73 Å². The smallest absolute Gasteiger partial charge is 0.289 e. The molecule has 3 N–H and O–H groups in total. The van der Waals surface area contributed by atoms with Crippen LogP contribution in [0.3, 0.4) is 0 Å². The third kappa shape index (κ3) is 1.55. The fourth-order valence-electron chi connectivity index (χ4n) is 1.34. The van der Waals surface area contributed by atoms with Gasteiger partial charge < -0.3 is 10.8 Å². The lowest BCUT2D eigenvalue weighted by atomic mass is 10.1.